The van der Waals surface area contributed by atoms with Crippen LogP contribution in [0.4, 0.5) is 0 Å². The van der Waals surface area contributed by atoms with Crippen LogP contribution >= 0.6 is 0 Å². The van der Waals surface area contributed by atoms with Crippen LogP contribution in [0.3, 0.4) is 0 Å². The summed E-state index contributed by atoms with van der Waals surface area (Å²) >= 11 is 0. The van der Waals surface area contributed by atoms with E-state index in [1.807, 2.05) is 27.1 Å². The van der Waals surface area contributed by atoms with E-state index < -0.39 is 5.60 Å². The van der Waals surface area contributed by atoms with E-state index in [1.165, 1.54) is 12.8 Å². The third-order valence-electron chi connectivity index (χ3n) is 2.98. The molecule has 1 fully saturated rings. The van der Waals surface area contributed by atoms with E-state index >= 15 is 0 Å². The third-order valence-corrected chi connectivity index (χ3v) is 2.98. The Morgan fingerprint density at radius 1 is 1.64 bits per heavy atom. The molecule has 3 heteroatoms. The monoisotopic (exact) mass is 194 g/mol. The van der Waals surface area contributed by atoms with Gasteiger partial charge in [-0.25, -0.2) is 0 Å². The Bertz CT molecular complexity index is 337. The van der Waals surface area contributed by atoms with E-state index in [-0.39, 0.29) is 0 Å². The molecule has 1 atom stereocenters. The highest BCUT2D eigenvalue weighted by Crippen LogP contribution is 2.41. The molecule has 1 unspecified atom stereocenters. The highest BCUT2D eigenvalue weighted by atomic mass is 16.3. The zero-order chi connectivity index (χ0) is 10.3. The van der Waals surface area contributed by atoms with E-state index in [4.69, 9.17) is 0 Å². The molecule has 1 N–H and O–H groups in total. The molecule has 0 aromatic carbocycles. The molecular weight excluding hydrogens is 176 g/mol. The van der Waals surface area contributed by atoms with Gasteiger partial charge in [-0.1, -0.05) is 12.8 Å². The number of rotatable bonds is 3. The van der Waals surface area contributed by atoms with Crippen molar-refractivity contribution in [2.75, 3.05) is 0 Å². The number of hydrogen-bond acceptors (Lipinski definition) is 2. The highest BCUT2D eigenvalue weighted by molar-refractivity contribution is 5.23. The van der Waals surface area contributed by atoms with Crippen molar-refractivity contribution in [3.63, 3.8) is 0 Å². The van der Waals surface area contributed by atoms with Gasteiger partial charge in [0, 0.05) is 18.8 Å². The van der Waals surface area contributed by atoms with Gasteiger partial charge in [0.25, 0.3) is 0 Å². The van der Waals surface area contributed by atoms with Gasteiger partial charge < -0.3 is 5.11 Å². The molecule has 3 nitrogen and oxygen atoms in total. The lowest BCUT2D eigenvalue weighted by molar-refractivity contribution is 0.0411. The largest absolute Gasteiger partial charge is 0.385 e. The Morgan fingerprint density at radius 2 is 2.29 bits per heavy atom. The van der Waals surface area contributed by atoms with Crippen LogP contribution in [0.1, 0.15) is 37.4 Å². The molecular formula is C11H18N2O. The standard InChI is InChI=1S/C11H18N2O/c1-8-10(7-13(3)12-8)11(2,14)6-9-4-5-9/h7,9,14H,4-6H2,1-3H3. The van der Waals surface area contributed by atoms with Gasteiger partial charge in [-0.3, -0.25) is 4.68 Å². The van der Waals surface area contributed by atoms with E-state index in [0.29, 0.717) is 0 Å². The summed E-state index contributed by atoms with van der Waals surface area (Å²) in [6.45, 7) is 3.85. The van der Waals surface area contributed by atoms with Crippen molar-refractivity contribution in [2.24, 2.45) is 13.0 Å². The van der Waals surface area contributed by atoms with Crippen molar-refractivity contribution in [1.29, 1.82) is 0 Å². The van der Waals surface area contributed by atoms with Crippen molar-refractivity contribution in [3.05, 3.63) is 17.5 Å². The van der Waals surface area contributed by atoms with Gasteiger partial charge in [0.2, 0.25) is 0 Å². The number of aromatic nitrogens is 2. The summed E-state index contributed by atoms with van der Waals surface area (Å²) in [5, 5.41) is 14.6. The summed E-state index contributed by atoms with van der Waals surface area (Å²) in [4.78, 5) is 0. The smallest absolute Gasteiger partial charge is 0.0904 e. The molecule has 0 saturated heterocycles. The summed E-state index contributed by atoms with van der Waals surface area (Å²) in [6, 6.07) is 0. The van der Waals surface area contributed by atoms with Gasteiger partial charge in [0.05, 0.1) is 11.3 Å². The summed E-state index contributed by atoms with van der Waals surface area (Å²) in [5.74, 6) is 0.726. The SMILES string of the molecule is Cc1nn(C)cc1C(C)(O)CC1CC1. The summed E-state index contributed by atoms with van der Waals surface area (Å²) in [7, 11) is 1.89. The van der Waals surface area contributed by atoms with Crippen LogP contribution in [0, 0.1) is 12.8 Å². The molecule has 1 aromatic rings. The normalized spacial score (nSPS) is 20.9. The molecule has 0 bridgehead atoms. The molecule has 1 aromatic heterocycles. The fraction of sp³-hybridized carbons (Fsp3) is 0.727. The van der Waals surface area contributed by atoms with Crippen LogP contribution in [-0.2, 0) is 12.6 Å². The maximum atomic E-state index is 10.3. The first-order valence-electron chi connectivity index (χ1n) is 5.22. The Hall–Kier alpha value is -0.830. The van der Waals surface area contributed by atoms with Crippen molar-refractivity contribution >= 4 is 0 Å². The van der Waals surface area contributed by atoms with Crippen molar-refractivity contribution in [2.45, 2.75) is 38.7 Å². The Kier molecular flexibility index (Phi) is 2.14. The minimum atomic E-state index is -0.695. The Morgan fingerprint density at radius 3 is 2.71 bits per heavy atom. The molecule has 0 spiro atoms. The van der Waals surface area contributed by atoms with Gasteiger partial charge in [-0.05, 0) is 26.2 Å². The van der Waals surface area contributed by atoms with Gasteiger partial charge in [-0.15, -0.1) is 0 Å². The minimum Gasteiger partial charge on any atom is -0.385 e. The molecule has 1 aliphatic carbocycles. The average Bonchev–Trinajstić information content (AvgIpc) is 2.76. The van der Waals surface area contributed by atoms with Crippen LogP contribution in [0.5, 0.6) is 0 Å². The first kappa shape index (κ1) is 9.71. The fourth-order valence-corrected chi connectivity index (χ4v) is 2.12. The van der Waals surface area contributed by atoms with E-state index in [2.05, 4.69) is 5.10 Å². The minimum absolute atomic E-state index is 0.695. The maximum Gasteiger partial charge on any atom is 0.0904 e. The van der Waals surface area contributed by atoms with Gasteiger partial charge in [0.1, 0.15) is 0 Å². The van der Waals surface area contributed by atoms with Crippen LogP contribution < -0.4 is 0 Å². The molecule has 0 aliphatic heterocycles. The number of aliphatic hydroxyl groups is 1. The van der Waals surface area contributed by atoms with Crippen molar-refractivity contribution in [3.8, 4) is 0 Å². The Balaban J connectivity index is 2.22. The molecule has 0 radical (unpaired) electrons. The summed E-state index contributed by atoms with van der Waals surface area (Å²) in [6.07, 6.45) is 5.35. The lowest BCUT2D eigenvalue weighted by Crippen LogP contribution is -2.22. The number of aryl methyl sites for hydroxylation is 2. The van der Waals surface area contributed by atoms with Crippen LogP contribution in [0.15, 0.2) is 6.20 Å². The van der Waals surface area contributed by atoms with Crippen LogP contribution in [0.2, 0.25) is 0 Å². The highest BCUT2D eigenvalue weighted by Gasteiger charge is 2.34. The lowest BCUT2D eigenvalue weighted by atomic mass is 9.91. The van der Waals surface area contributed by atoms with E-state index in [9.17, 15) is 5.11 Å². The topological polar surface area (TPSA) is 38.0 Å². The van der Waals surface area contributed by atoms with Crippen molar-refractivity contribution < 1.29 is 5.11 Å². The zero-order valence-electron chi connectivity index (χ0n) is 9.12. The summed E-state index contributed by atoms with van der Waals surface area (Å²) < 4.78 is 1.77. The second-order valence-corrected chi connectivity index (χ2v) is 4.72. The second-order valence-electron chi connectivity index (χ2n) is 4.72. The number of hydrogen-bond donors (Lipinski definition) is 1. The maximum absolute atomic E-state index is 10.3. The molecule has 2 rings (SSSR count). The second kappa shape index (κ2) is 3.09. The molecule has 0 amide bonds. The fourth-order valence-electron chi connectivity index (χ4n) is 2.12. The molecule has 1 saturated carbocycles. The van der Waals surface area contributed by atoms with Gasteiger partial charge in [-0.2, -0.15) is 5.10 Å². The first-order chi connectivity index (χ1) is 6.49. The molecule has 78 valence electrons. The number of nitrogens with zero attached hydrogens (tertiary/aromatic N) is 2. The van der Waals surface area contributed by atoms with Crippen molar-refractivity contribution in [1.82, 2.24) is 9.78 Å². The van der Waals surface area contributed by atoms with E-state index in [1.54, 1.807) is 4.68 Å². The van der Waals surface area contributed by atoms with Crippen LogP contribution in [-0.4, -0.2) is 14.9 Å². The van der Waals surface area contributed by atoms with E-state index in [0.717, 1.165) is 23.6 Å². The quantitative estimate of drug-likeness (QED) is 0.795. The molecule has 1 aliphatic rings. The predicted molar refractivity (Wildman–Crippen MR) is 54.9 cm³/mol. The van der Waals surface area contributed by atoms with Crippen LogP contribution in [0.25, 0.3) is 0 Å². The lowest BCUT2D eigenvalue weighted by Gasteiger charge is -2.22. The Labute approximate surface area is 84.7 Å². The predicted octanol–water partition coefficient (Wildman–Crippen LogP) is 1.74. The molecule has 1 heterocycles. The summed E-state index contributed by atoms with van der Waals surface area (Å²) in [5.41, 5.74) is 1.23. The average molecular weight is 194 g/mol. The van der Waals surface area contributed by atoms with Gasteiger partial charge in [0.15, 0.2) is 0 Å². The first-order valence-corrected chi connectivity index (χ1v) is 5.22. The third kappa shape index (κ3) is 1.82. The zero-order valence-corrected chi connectivity index (χ0v) is 9.12. The molecule has 14 heavy (non-hydrogen) atoms. The van der Waals surface area contributed by atoms with Gasteiger partial charge >= 0.3 is 0 Å².